The van der Waals surface area contributed by atoms with Crippen molar-refractivity contribution in [3.8, 4) is 0 Å². The lowest BCUT2D eigenvalue weighted by molar-refractivity contribution is -0.157. The van der Waals surface area contributed by atoms with E-state index in [9.17, 15) is 38.7 Å². The number of rotatable bonds is 46. The maximum atomic E-state index is 13.1. The van der Waals surface area contributed by atoms with E-state index in [0.717, 1.165) is 43.4 Å². The number of amides is 4. The van der Waals surface area contributed by atoms with Crippen LogP contribution in [0, 0.1) is 0 Å². The molecule has 1 rings (SSSR count). The molecule has 0 aromatic carbocycles. The monoisotopic (exact) mass is 940 g/mol. The highest BCUT2D eigenvalue weighted by atomic mass is 32.2. The maximum Gasteiger partial charge on any atom is 0.326 e. The van der Waals surface area contributed by atoms with Crippen molar-refractivity contribution in [1.82, 2.24) is 15.5 Å². The van der Waals surface area contributed by atoms with E-state index in [1.165, 1.54) is 140 Å². The van der Waals surface area contributed by atoms with E-state index in [2.05, 4.69) is 24.5 Å². The van der Waals surface area contributed by atoms with E-state index in [1.54, 1.807) is 0 Å². The number of unbranched alkanes of at least 4 members (excludes halogenated alkanes) is 26. The number of aliphatic carboxylic acids is 2. The Morgan fingerprint density at radius 3 is 1.54 bits per heavy atom. The lowest BCUT2D eigenvalue weighted by atomic mass is 10.0. The Bertz CT molecular complexity index is 1320. The molecule has 0 saturated carbocycles. The smallest absolute Gasteiger partial charge is 0.326 e. The molecule has 0 radical (unpaired) electrons. The Labute approximate surface area is 396 Å². The lowest BCUT2D eigenvalue weighted by Crippen LogP contribution is -2.41. The van der Waals surface area contributed by atoms with Crippen LogP contribution in [0.15, 0.2) is 0 Å². The second-order valence-corrected chi connectivity index (χ2v) is 19.1. The van der Waals surface area contributed by atoms with Gasteiger partial charge in [0.05, 0.1) is 0 Å². The van der Waals surface area contributed by atoms with Crippen LogP contribution in [0.3, 0.4) is 0 Å². The number of imide groups is 1. The minimum atomic E-state index is -1.30. The van der Waals surface area contributed by atoms with Crippen molar-refractivity contribution in [2.75, 3.05) is 24.7 Å². The van der Waals surface area contributed by atoms with Crippen molar-refractivity contribution in [1.29, 1.82) is 0 Å². The number of hydrogen-bond acceptors (Lipinski definition) is 10. The number of esters is 2. The fourth-order valence-corrected chi connectivity index (χ4v) is 8.96. The molecule has 1 heterocycles. The Balaban J connectivity index is 2.48. The highest BCUT2D eigenvalue weighted by Crippen LogP contribution is 2.19. The summed E-state index contributed by atoms with van der Waals surface area (Å²) in [6.07, 6.45) is 32.2. The molecule has 65 heavy (non-hydrogen) atoms. The number of carbonyl (C=O) groups excluding carboxylic acids is 5. The fourth-order valence-electron chi connectivity index (χ4n) is 7.94. The summed E-state index contributed by atoms with van der Waals surface area (Å²) in [5.41, 5.74) is 0. The van der Waals surface area contributed by atoms with Crippen LogP contribution in [0.1, 0.15) is 232 Å². The molecule has 0 aromatic rings. The molecule has 1 fully saturated rings. The number of hydrogen-bond donors (Lipinski definition) is 4. The zero-order valence-electron chi connectivity index (χ0n) is 40.5. The van der Waals surface area contributed by atoms with Gasteiger partial charge in [-0.1, -0.05) is 174 Å². The largest absolute Gasteiger partial charge is 0.481 e. The summed E-state index contributed by atoms with van der Waals surface area (Å²) < 4.78 is 11.4. The average Bonchev–Trinajstić information content (AvgIpc) is 3.54. The van der Waals surface area contributed by atoms with Crippen LogP contribution in [-0.4, -0.2) is 99.7 Å². The summed E-state index contributed by atoms with van der Waals surface area (Å²) in [5, 5.41) is 23.1. The van der Waals surface area contributed by atoms with E-state index < -0.39 is 42.1 Å². The molecule has 1 saturated heterocycles. The summed E-state index contributed by atoms with van der Waals surface area (Å²) in [6.45, 7) is 4.57. The molecule has 3 atom stereocenters. The van der Waals surface area contributed by atoms with Crippen LogP contribution >= 0.6 is 11.8 Å². The molecule has 376 valence electrons. The Morgan fingerprint density at radius 1 is 0.615 bits per heavy atom. The number of nitrogens with zero attached hydrogens (tertiary/aromatic N) is 1. The average molecular weight is 940 g/mol. The van der Waals surface area contributed by atoms with Crippen molar-refractivity contribution < 1.29 is 53.2 Å². The van der Waals surface area contributed by atoms with Crippen LogP contribution < -0.4 is 10.6 Å². The quantitative estimate of drug-likeness (QED) is 0.0256. The van der Waals surface area contributed by atoms with Gasteiger partial charge in [-0.25, -0.2) is 9.59 Å². The third-order valence-electron chi connectivity index (χ3n) is 12.0. The van der Waals surface area contributed by atoms with Gasteiger partial charge in [-0.3, -0.25) is 28.9 Å². The van der Waals surface area contributed by atoms with Gasteiger partial charge in [-0.15, -0.1) is 0 Å². The minimum absolute atomic E-state index is 0.0240. The van der Waals surface area contributed by atoms with Gasteiger partial charge >= 0.3 is 29.9 Å². The second-order valence-electron chi connectivity index (χ2n) is 18.0. The molecule has 4 amide bonds. The Kier molecular flexibility index (Phi) is 37.5. The topological polar surface area (TPSA) is 206 Å². The van der Waals surface area contributed by atoms with Crippen LogP contribution in [-0.2, 0) is 38.2 Å². The molecule has 0 aliphatic carbocycles. The minimum Gasteiger partial charge on any atom is -0.481 e. The van der Waals surface area contributed by atoms with Gasteiger partial charge in [0, 0.05) is 43.7 Å². The zero-order chi connectivity index (χ0) is 47.8. The molecule has 1 aliphatic heterocycles. The summed E-state index contributed by atoms with van der Waals surface area (Å²) in [6, 6.07) is -2.56. The third-order valence-corrected chi connectivity index (χ3v) is 13.1. The molecule has 1 aliphatic rings. The van der Waals surface area contributed by atoms with E-state index in [4.69, 9.17) is 14.6 Å². The molecule has 4 N–H and O–H groups in total. The first-order valence-electron chi connectivity index (χ1n) is 25.8. The van der Waals surface area contributed by atoms with Crippen molar-refractivity contribution in [2.24, 2.45) is 0 Å². The van der Waals surface area contributed by atoms with E-state index in [0.29, 0.717) is 25.7 Å². The highest BCUT2D eigenvalue weighted by molar-refractivity contribution is 7.99. The van der Waals surface area contributed by atoms with E-state index in [1.807, 2.05) is 0 Å². The Morgan fingerprint density at radius 2 is 1.06 bits per heavy atom. The first kappa shape index (κ1) is 59.7. The van der Waals surface area contributed by atoms with Crippen LogP contribution in [0.2, 0.25) is 0 Å². The van der Waals surface area contributed by atoms with Crippen molar-refractivity contribution in [3.05, 3.63) is 0 Å². The first-order chi connectivity index (χ1) is 31.5. The number of ether oxygens (including phenoxy) is 2. The first-order valence-corrected chi connectivity index (χ1v) is 26.9. The predicted molar refractivity (Wildman–Crippen MR) is 258 cm³/mol. The van der Waals surface area contributed by atoms with Crippen molar-refractivity contribution in [3.63, 3.8) is 0 Å². The highest BCUT2D eigenvalue weighted by Gasteiger charge is 2.37. The molecule has 0 aromatic heterocycles. The second kappa shape index (κ2) is 40.9. The standard InChI is InChI=1S/C50H89N3O11S/c1-3-5-7-9-11-13-15-17-19-21-23-25-29-33-46(57)63-38-41(64-47(58)34-30-26-24-22-20-18-16-14-12-10-8-6-4-2)39-65-40-43-48(59)53(50(62)52-43)37-31-27-28-32-44(54)51-42(49(60)61)35-36-45(55)56/h41-43H,3-40H2,1-2H3,(H,51,54)(H,52,62)(H,55,56)(H,60,61)/t41-,42+,43+/m1/s1. The third kappa shape index (κ3) is 33.7. The maximum absolute atomic E-state index is 13.1. The summed E-state index contributed by atoms with van der Waals surface area (Å²) >= 11 is 1.34. The number of carbonyl (C=O) groups is 7. The van der Waals surface area contributed by atoms with Gasteiger partial charge in [-0.2, -0.15) is 11.8 Å². The molecule has 0 spiro atoms. The number of urea groups is 1. The summed E-state index contributed by atoms with van der Waals surface area (Å²) in [5.74, 6) is -3.46. The fraction of sp³-hybridized carbons (Fsp3) is 0.860. The molecular formula is C50H89N3O11S. The number of nitrogens with one attached hydrogen (secondary N) is 2. The summed E-state index contributed by atoms with van der Waals surface area (Å²) in [4.78, 5) is 86.9. The zero-order valence-corrected chi connectivity index (χ0v) is 41.3. The van der Waals surface area contributed by atoms with Gasteiger partial charge in [0.15, 0.2) is 0 Å². The van der Waals surface area contributed by atoms with Gasteiger partial charge in [0.1, 0.15) is 24.8 Å². The number of carboxylic acid groups (broad SMARTS) is 2. The molecule has 15 heteroatoms. The lowest BCUT2D eigenvalue weighted by Gasteiger charge is -2.19. The van der Waals surface area contributed by atoms with Crippen LogP contribution in [0.5, 0.6) is 0 Å². The van der Waals surface area contributed by atoms with Gasteiger partial charge in [0.25, 0.3) is 5.91 Å². The molecular weight excluding hydrogens is 851 g/mol. The SMILES string of the molecule is CCCCCCCCCCCCCCCC(=O)OC[C@H](CSC[C@@H]1NC(=O)N(CCCCCC(=O)N[C@@H](CCC(=O)O)C(=O)O)C1=O)OC(=O)CCCCCCCCCCCCCCC. The van der Waals surface area contributed by atoms with E-state index in [-0.39, 0.29) is 68.2 Å². The van der Waals surface area contributed by atoms with Gasteiger partial charge in [-0.05, 0) is 32.1 Å². The number of carboxylic acids is 2. The molecule has 0 bridgehead atoms. The normalized spacial score (nSPS) is 14.6. The predicted octanol–water partition coefficient (Wildman–Crippen LogP) is 11.1. The van der Waals surface area contributed by atoms with Crippen molar-refractivity contribution >= 4 is 53.5 Å². The molecule has 14 nitrogen and oxygen atoms in total. The summed E-state index contributed by atoms with van der Waals surface area (Å²) in [7, 11) is 0. The van der Waals surface area contributed by atoms with Gasteiger partial charge in [0.2, 0.25) is 5.91 Å². The van der Waals surface area contributed by atoms with E-state index >= 15 is 0 Å². The Hall–Kier alpha value is -3.36. The van der Waals surface area contributed by atoms with Crippen molar-refractivity contribution in [2.45, 2.75) is 250 Å². The van der Waals surface area contributed by atoms with Crippen LogP contribution in [0.25, 0.3) is 0 Å². The van der Waals surface area contributed by atoms with Gasteiger partial charge < -0.3 is 30.3 Å². The number of thioether (sulfide) groups is 1. The van der Waals surface area contributed by atoms with Crippen LogP contribution in [0.4, 0.5) is 4.79 Å². The molecule has 0 unspecified atom stereocenters.